The Bertz CT molecular complexity index is 1740. The van der Waals surface area contributed by atoms with Gasteiger partial charge in [0, 0.05) is 50.0 Å². The van der Waals surface area contributed by atoms with Gasteiger partial charge in [-0.05, 0) is 80.0 Å². The second-order valence-corrected chi connectivity index (χ2v) is 11.9. The molecule has 0 atom stereocenters. The highest BCUT2D eigenvalue weighted by atomic mass is 16.7. The van der Waals surface area contributed by atoms with E-state index in [0.717, 1.165) is 24.2 Å². The molecule has 0 unspecified atom stereocenters. The van der Waals surface area contributed by atoms with Crippen molar-refractivity contribution < 1.29 is 24.0 Å². The summed E-state index contributed by atoms with van der Waals surface area (Å²) in [5, 5.41) is 4.15. The molecule has 10 heteroatoms. The van der Waals surface area contributed by atoms with Gasteiger partial charge in [-0.15, -0.1) is 0 Å². The van der Waals surface area contributed by atoms with Crippen molar-refractivity contribution in [3.63, 3.8) is 0 Å². The van der Waals surface area contributed by atoms with Gasteiger partial charge in [-0.2, -0.15) is 0 Å². The van der Waals surface area contributed by atoms with Gasteiger partial charge in [0.25, 0.3) is 17.7 Å². The van der Waals surface area contributed by atoms with Crippen LogP contribution in [-0.4, -0.2) is 86.0 Å². The van der Waals surface area contributed by atoms with Crippen LogP contribution in [0, 0.1) is 6.92 Å². The first-order valence-electron chi connectivity index (χ1n) is 16.2. The summed E-state index contributed by atoms with van der Waals surface area (Å²) in [6, 6.07) is 27.4. The van der Waals surface area contributed by atoms with E-state index in [1.165, 1.54) is 5.06 Å². The zero-order chi connectivity index (χ0) is 34.0. The number of ether oxygens (including phenoxy) is 1. The van der Waals surface area contributed by atoms with Gasteiger partial charge in [0.2, 0.25) is 0 Å². The highest BCUT2D eigenvalue weighted by Gasteiger charge is 2.24. The molecule has 1 fully saturated rings. The van der Waals surface area contributed by atoms with Crippen LogP contribution in [0.2, 0.25) is 0 Å². The Morgan fingerprint density at radius 1 is 0.854 bits per heavy atom. The predicted octanol–water partition coefficient (Wildman–Crippen LogP) is 5.23. The van der Waals surface area contributed by atoms with E-state index in [4.69, 9.17) is 15.3 Å². The lowest BCUT2D eigenvalue weighted by molar-refractivity contribution is -0.116. The topological polar surface area (TPSA) is 117 Å². The van der Waals surface area contributed by atoms with Gasteiger partial charge < -0.3 is 25.6 Å². The Morgan fingerprint density at radius 3 is 2.33 bits per heavy atom. The van der Waals surface area contributed by atoms with Crippen LogP contribution in [0.25, 0.3) is 11.1 Å². The third-order valence-corrected chi connectivity index (χ3v) is 8.32. The molecule has 4 aromatic rings. The number of hydrogen-bond acceptors (Lipinski definition) is 7. The second-order valence-electron chi connectivity index (χ2n) is 11.9. The van der Waals surface area contributed by atoms with Crippen molar-refractivity contribution in [1.82, 2.24) is 14.9 Å². The average molecular weight is 650 g/mol. The minimum absolute atomic E-state index is 0.0341. The van der Waals surface area contributed by atoms with Crippen LogP contribution in [-0.2, 0) is 11.4 Å². The number of nitrogens with zero attached hydrogens (tertiary/aromatic N) is 3. The molecule has 10 nitrogen and oxygen atoms in total. The Labute approximate surface area is 282 Å². The van der Waals surface area contributed by atoms with Crippen LogP contribution in [0.4, 0.5) is 5.69 Å². The first kappa shape index (κ1) is 34.3. The predicted molar refractivity (Wildman–Crippen MR) is 187 cm³/mol. The minimum atomic E-state index is -0.371. The normalized spacial score (nSPS) is 13.2. The van der Waals surface area contributed by atoms with Crippen molar-refractivity contribution in [3.8, 4) is 16.9 Å². The van der Waals surface area contributed by atoms with Crippen molar-refractivity contribution >= 4 is 23.4 Å². The molecule has 5 rings (SSSR count). The third kappa shape index (κ3) is 8.46. The average Bonchev–Trinajstić information content (AvgIpc) is 3.11. The molecule has 0 aliphatic carbocycles. The number of nitrogens with two attached hydrogens (primary N) is 1. The van der Waals surface area contributed by atoms with Crippen molar-refractivity contribution in [3.05, 3.63) is 119 Å². The third-order valence-electron chi connectivity index (χ3n) is 8.32. The Morgan fingerprint density at radius 2 is 1.58 bits per heavy atom. The zero-order valence-electron chi connectivity index (χ0n) is 27.8. The van der Waals surface area contributed by atoms with E-state index in [9.17, 15) is 14.4 Å². The van der Waals surface area contributed by atoms with Crippen LogP contribution < -0.4 is 15.8 Å². The second kappa shape index (κ2) is 16.2. The summed E-state index contributed by atoms with van der Waals surface area (Å²) < 4.78 is 5.79. The number of rotatable bonds is 12. The number of carbonyl (C=O) groups is 3. The molecule has 0 spiro atoms. The highest BCUT2D eigenvalue weighted by molar-refractivity contribution is 6.07. The molecule has 0 bridgehead atoms. The number of likely N-dealkylation sites (N-methyl/N-ethyl adjacent to an activating group) is 1. The maximum Gasteiger partial charge on any atom is 0.277 e. The number of anilines is 1. The van der Waals surface area contributed by atoms with Gasteiger partial charge in [0.1, 0.15) is 12.4 Å². The number of amides is 3. The molecule has 0 aromatic heterocycles. The first-order chi connectivity index (χ1) is 23.2. The lowest BCUT2D eigenvalue weighted by Gasteiger charge is -2.33. The van der Waals surface area contributed by atoms with E-state index < -0.39 is 0 Å². The van der Waals surface area contributed by atoms with E-state index in [0.29, 0.717) is 71.9 Å². The molecular weight excluding hydrogens is 606 g/mol. The minimum Gasteiger partial charge on any atom is -0.493 e. The molecule has 48 heavy (non-hydrogen) atoms. The molecule has 1 saturated heterocycles. The summed E-state index contributed by atoms with van der Waals surface area (Å²) in [6.45, 7) is 5.86. The summed E-state index contributed by atoms with van der Waals surface area (Å²) in [4.78, 5) is 50.7. The van der Waals surface area contributed by atoms with Crippen molar-refractivity contribution in [2.24, 2.45) is 5.73 Å². The number of piperazine rings is 1. The molecule has 250 valence electrons. The zero-order valence-corrected chi connectivity index (χ0v) is 27.8. The maximum atomic E-state index is 13.8. The summed E-state index contributed by atoms with van der Waals surface area (Å²) >= 11 is 0. The van der Waals surface area contributed by atoms with Crippen LogP contribution in [0.3, 0.4) is 0 Å². The summed E-state index contributed by atoms with van der Waals surface area (Å²) in [5.74, 6) is -0.270. The summed E-state index contributed by atoms with van der Waals surface area (Å²) in [6.07, 6.45) is 0.672. The Balaban J connectivity index is 1.34. The van der Waals surface area contributed by atoms with Crippen LogP contribution in [0.5, 0.6) is 5.75 Å². The first-order valence-corrected chi connectivity index (χ1v) is 16.2. The monoisotopic (exact) mass is 649 g/mol. The number of para-hydroxylation sites is 1. The SMILES string of the molecule is Cc1ccc(CON(C)C(=O)c2ccc(NC(=O)c3ccccc3OCCCN)cc2-c2ccccc2)c(C(=O)N2CCN(C)CC2)c1. The summed E-state index contributed by atoms with van der Waals surface area (Å²) in [5.41, 5.74) is 10.6. The van der Waals surface area contributed by atoms with Gasteiger partial charge in [0.05, 0.1) is 12.2 Å². The number of nitrogens with one attached hydrogen (secondary N) is 1. The van der Waals surface area contributed by atoms with Gasteiger partial charge >= 0.3 is 0 Å². The molecule has 1 aliphatic heterocycles. The van der Waals surface area contributed by atoms with E-state index in [1.807, 2.05) is 66.4 Å². The van der Waals surface area contributed by atoms with Gasteiger partial charge in [-0.3, -0.25) is 19.2 Å². The van der Waals surface area contributed by atoms with Gasteiger partial charge in [0.15, 0.2) is 0 Å². The van der Waals surface area contributed by atoms with Crippen LogP contribution in [0.1, 0.15) is 48.6 Å². The molecule has 0 saturated carbocycles. The van der Waals surface area contributed by atoms with Crippen LogP contribution >= 0.6 is 0 Å². The maximum absolute atomic E-state index is 13.8. The van der Waals surface area contributed by atoms with Crippen molar-refractivity contribution in [1.29, 1.82) is 0 Å². The van der Waals surface area contributed by atoms with E-state index in [1.54, 1.807) is 43.4 Å². The molecule has 1 aliphatic rings. The van der Waals surface area contributed by atoms with Gasteiger partial charge in [-0.25, -0.2) is 5.06 Å². The number of aryl methyl sites for hydroxylation is 1. The number of hydroxylamine groups is 2. The fourth-order valence-electron chi connectivity index (χ4n) is 5.50. The van der Waals surface area contributed by atoms with Crippen molar-refractivity contribution in [2.45, 2.75) is 20.0 Å². The largest absolute Gasteiger partial charge is 0.493 e. The number of hydrogen-bond donors (Lipinski definition) is 2. The van der Waals surface area contributed by atoms with E-state index in [-0.39, 0.29) is 24.3 Å². The fourth-order valence-corrected chi connectivity index (χ4v) is 5.50. The lowest BCUT2D eigenvalue weighted by atomic mass is 9.98. The Hall–Kier alpha value is -5.03. The van der Waals surface area contributed by atoms with Crippen molar-refractivity contribution in [2.75, 3.05) is 58.7 Å². The number of benzene rings is 4. The molecule has 3 amide bonds. The van der Waals surface area contributed by atoms with E-state index in [2.05, 4.69) is 17.3 Å². The molecule has 3 N–H and O–H groups in total. The van der Waals surface area contributed by atoms with E-state index >= 15 is 0 Å². The lowest BCUT2D eigenvalue weighted by Crippen LogP contribution is -2.47. The highest BCUT2D eigenvalue weighted by Crippen LogP contribution is 2.29. The molecule has 0 radical (unpaired) electrons. The molecule has 4 aromatic carbocycles. The molecule has 1 heterocycles. The quantitative estimate of drug-likeness (QED) is 0.159. The fraction of sp³-hybridized carbons (Fsp3) is 0.289. The van der Waals surface area contributed by atoms with Gasteiger partial charge in [-0.1, -0.05) is 60.2 Å². The smallest absolute Gasteiger partial charge is 0.277 e. The van der Waals surface area contributed by atoms with Crippen LogP contribution in [0.15, 0.2) is 91.0 Å². The standard InChI is InChI=1S/C38H43N5O5/c1-27-14-15-29(34(24-27)38(46)43-21-19-41(2)20-22-43)26-48-42(3)37(45)31-17-16-30(25-33(31)28-10-5-4-6-11-28)40-36(44)32-12-7-8-13-35(32)47-23-9-18-39/h4-8,10-17,24-25H,9,18-23,26,39H2,1-3H3,(H,40,44). The molecular formula is C38H43N5O5. The number of carbonyl (C=O) groups excluding carboxylic acids is 3. The Kier molecular flexibility index (Phi) is 11.6. The summed E-state index contributed by atoms with van der Waals surface area (Å²) in [7, 11) is 3.61.